The van der Waals surface area contributed by atoms with Gasteiger partial charge in [-0.2, -0.15) is 5.10 Å². The second-order valence-corrected chi connectivity index (χ2v) is 5.05. The highest BCUT2D eigenvalue weighted by molar-refractivity contribution is 5.46. The predicted molar refractivity (Wildman–Crippen MR) is 79.0 cm³/mol. The van der Waals surface area contributed by atoms with E-state index in [-0.39, 0.29) is 6.10 Å². The lowest BCUT2D eigenvalue weighted by atomic mass is 10.3. The zero-order valence-electron chi connectivity index (χ0n) is 12.9. The zero-order chi connectivity index (χ0) is 15.0. The molecule has 116 valence electrons. The van der Waals surface area contributed by atoms with Crippen molar-refractivity contribution in [2.45, 2.75) is 39.4 Å². The molecule has 0 aromatic carbocycles. The van der Waals surface area contributed by atoms with E-state index in [1.54, 1.807) is 4.68 Å². The van der Waals surface area contributed by atoms with Crippen LogP contribution < -0.4 is 5.32 Å². The number of nitrogens with one attached hydrogen (secondary N) is 1. The third-order valence-corrected chi connectivity index (χ3v) is 2.76. The molecule has 0 radical (unpaired) electrons. The molecule has 1 rings (SSSR count). The second kappa shape index (κ2) is 8.94. The van der Waals surface area contributed by atoms with Crippen molar-refractivity contribution < 1.29 is 14.6 Å². The van der Waals surface area contributed by atoms with Crippen LogP contribution >= 0.6 is 0 Å². The van der Waals surface area contributed by atoms with Gasteiger partial charge in [0.05, 0.1) is 43.4 Å². The van der Waals surface area contributed by atoms with Crippen molar-refractivity contribution in [2.75, 3.05) is 31.7 Å². The summed E-state index contributed by atoms with van der Waals surface area (Å²) >= 11 is 0. The third-order valence-electron chi connectivity index (χ3n) is 2.76. The van der Waals surface area contributed by atoms with Gasteiger partial charge in [-0.15, -0.1) is 0 Å². The van der Waals surface area contributed by atoms with E-state index in [9.17, 15) is 5.11 Å². The minimum absolute atomic E-state index is 0.211. The summed E-state index contributed by atoms with van der Waals surface area (Å²) in [5.74, 6) is 0. The molecule has 1 aromatic rings. The first-order chi connectivity index (χ1) is 9.52. The molecular formula is C14H27N3O3. The SMILES string of the molecule is CCc1nn(C)cc1NCC(O)COCCOC(C)C. The summed E-state index contributed by atoms with van der Waals surface area (Å²) in [6.45, 7) is 7.83. The standard InChI is InChI=1S/C14H27N3O3/c1-5-13-14(9-17(4)16-13)15-8-12(18)10-19-6-7-20-11(2)3/h9,11-12,15,18H,5-8,10H2,1-4H3. The highest BCUT2D eigenvalue weighted by atomic mass is 16.5. The molecule has 0 saturated heterocycles. The van der Waals surface area contributed by atoms with E-state index in [2.05, 4.69) is 17.3 Å². The van der Waals surface area contributed by atoms with Crippen LogP contribution in [0.2, 0.25) is 0 Å². The van der Waals surface area contributed by atoms with Gasteiger partial charge in [0, 0.05) is 19.8 Å². The number of nitrogens with zero attached hydrogens (tertiary/aromatic N) is 2. The van der Waals surface area contributed by atoms with Crippen LogP contribution in [0, 0.1) is 0 Å². The molecule has 0 aliphatic rings. The van der Waals surface area contributed by atoms with Crippen molar-refractivity contribution in [1.82, 2.24) is 9.78 Å². The van der Waals surface area contributed by atoms with Crippen molar-refractivity contribution in [2.24, 2.45) is 7.05 Å². The number of anilines is 1. The van der Waals surface area contributed by atoms with Crippen LogP contribution in [0.3, 0.4) is 0 Å². The molecule has 6 heteroatoms. The Bertz CT molecular complexity index is 380. The largest absolute Gasteiger partial charge is 0.389 e. The molecule has 2 N–H and O–H groups in total. The second-order valence-electron chi connectivity index (χ2n) is 5.05. The highest BCUT2D eigenvalue weighted by Gasteiger charge is 2.08. The quantitative estimate of drug-likeness (QED) is 0.632. The Kier molecular flexibility index (Phi) is 7.58. The molecule has 0 spiro atoms. The summed E-state index contributed by atoms with van der Waals surface area (Å²) < 4.78 is 12.5. The molecule has 0 aliphatic carbocycles. The van der Waals surface area contributed by atoms with E-state index in [1.165, 1.54) is 0 Å². The predicted octanol–water partition coefficient (Wildman–Crippen LogP) is 1.20. The van der Waals surface area contributed by atoms with Crippen LogP contribution in [0.5, 0.6) is 0 Å². The number of aliphatic hydroxyl groups excluding tert-OH is 1. The molecule has 0 fully saturated rings. The maximum absolute atomic E-state index is 9.83. The Balaban J connectivity index is 2.17. The molecular weight excluding hydrogens is 258 g/mol. The van der Waals surface area contributed by atoms with Crippen molar-refractivity contribution in [3.63, 3.8) is 0 Å². The van der Waals surface area contributed by atoms with Gasteiger partial charge in [-0.1, -0.05) is 6.92 Å². The van der Waals surface area contributed by atoms with Crippen molar-refractivity contribution >= 4 is 5.69 Å². The van der Waals surface area contributed by atoms with Gasteiger partial charge in [-0.05, 0) is 20.3 Å². The first-order valence-corrected chi connectivity index (χ1v) is 7.16. The molecule has 1 aromatic heterocycles. The fourth-order valence-electron chi connectivity index (χ4n) is 1.79. The molecule has 1 unspecified atom stereocenters. The third kappa shape index (κ3) is 6.36. The molecule has 0 saturated carbocycles. The van der Waals surface area contributed by atoms with Crippen LogP contribution in [-0.4, -0.2) is 53.5 Å². The summed E-state index contributed by atoms with van der Waals surface area (Å²) in [7, 11) is 1.89. The number of aromatic nitrogens is 2. The number of aliphatic hydroxyl groups is 1. The van der Waals surface area contributed by atoms with Gasteiger partial charge in [0.2, 0.25) is 0 Å². The number of ether oxygens (including phenoxy) is 2. The van der Waals surface area contributed by atoms with Crippen LogP contribution in [-0.2, 0) is 22.9 Å². The number of hydrogen-bond donors (Lipinski definition) is 2. The normalized spacial score (nSPS) is 12.9. The van der Waals surface area contributed by atoms with E-state index in [1.807, 2.05) is 27.1 Å². The lowest BCUT2D eigenvalue weighted by Crippen LogP contribution is -2.26. The molecule has 0 amide bonds. The first-order valence-electron chi connectivity index (χ1n) is 7.16. The van der Waals surface area contributed by atoms with Crippen LogP contribution in [0.15, 0.2) is 6.20 Å². The molecule has 0 bridgehead atoms. The Morgan fingerprint density at radius 2 is 2.15 bits per heavy atom. The number of rotatable bonds is 10. The smallest absolute Gasteiger partial charge is 0.0945 e. The topological polar surface area (TPSA) is 68.5 Å². The molecule has 20 heavy (non-hydrogen) atoms. The van der Waals surface area contributed by atoms with Gasteiger partial charge in [0.1, 0.15) is 0 Å². The molecule has 1 atom stereocenters. The highest BCUT2D eigenvalue weighted by Crippen LogP contribution is 2.13. The van der Waals surface area contributed by atoms with Crippen LogP contribution in [0.1, 0.15) is 26.5 Å². The Hall–Kier alpha value is -1.11. The average Bonchev–Trinajstić information content (AvgIpc) is 2.76. The van der Waals surface area contributed by atoms with E-state index < -0.39 is 6.10 Å². The fraction of sp³-hybridized carbons (Fsp3) is 0.786. The molecule has 0 aliphatic heterocycles. The number of hydrogen-bond acceptors (Lipinski definition) is 5. The summed E-state index contributed by atoms with van der Waals surface area (Å²) in [6, 6.07) is 0. The van der Waals surface area contributed by atoms with Crippen molar-refractivity contribution in [3.8, 4) is 0 Å². The van der Waals surface area contributed by atoms with E-state index in [4.69, 9.17) is 9.47 Å². The van der Waals surface area contributed by atoms with Gasteiger partial charge in [0.15, 0.2) is 0 Å². The van der Waals surface area contributed by atoms with E-state index >= 15 is 0 Å². The zero-order valence-corrected chi connectivity index (χ0v) is 12.9. The van der Waals surface area contributed by atoms with Gasteiger partial charge in [-0.25, -0.2) is 0 Å². The lowest BCUT2D eigenvalue weighted by molar-refractivity contribution is -0.00734. The minimum atomic E-state index is -0.543. The monoisotopic (exact) mass is 285 g/mol. The summed E-state index contributed by atoms with van der Waals surface area (Å²) in [6.07, 6.45) is 2.45. The van der Waals surface area contributed by atoms with Gasteiger partial charge >= 0.3 is 0 Å². The maximum atomic E-state index is 9.83. The lowest BCUT2D eigenvalue weighted by Gasteiger charge is -2.13. The maximum Gasteiger partial charge on any atom is 0.0945 e. The Morgan fingerprint density at radius 3 is 2.80 bits per heavy atom. The van der Waals surface area contributed by atoms with Crippen LogP contribution in [0.25, 0.3) is 0 Å². The van der Waals surface area contributed by atoms with Crippen molar-refractivity contribution in [3.05, 3.63) is 11.9 Å². The van der Waals surface area contributed by atoms with Crippen molar-refractivity contribution in [1.29, 1.82) is 0 Å². The van der Waals surface area contributed by atoms with Gasteiger partial charge < -0.3 is 19.9 Å². The Morgan fingerprint density at radius 1 is 1.40 bits per heavy atom. The minimum Gasteiger partial charge on any atom is -0.389 e. The van der Waals surface area contributed by atoms with Gasteiger partial charge in [0.25, 0.3) is 0 Å². The molecule has 1 heterocycles. The summed E-state index contributed by atoms with van der Waals surface area (Å²) in [4.78, 5) is 0. The first kappa shape index (κ1) is 16.9. The summed E-state index contributed by atoms with van der Waals surface area (Å²) in [5, 5.41) is 17.4. The Labute approximate surface area is 121 Å². The molecule has 6 nitrogen and oxygen atoms in total. The van der Waals surface area contributed by atoms with Crippen LogP contribution in [0.4, 0.5) is 5.69 Å². The van der Waals surface area contributed by atoms with E-state index in [0.717, 1.165) is 17.8 Å². The summed E-state index contributed by atoms with van der Waals surface area (Å²) in [5.41, 5.74) is 1.98. The average molecular weight is 285 g/mol. The van der Waals surface area contributed by atoms with Gasteiger partial charge in [-0.3, -0.25) is 4.68 Å². The van der Waals surface area contributed by atoms with E-state index in [0.29, 0.717) is 26.4 Å². The number of aryl methyl sites for hydroxylation is 2. The fourth-order valence-corrected chi connectivity index (χ4v) is 1.79.